The van der Waals surface area contributed by atoms with Crippen LogP contribution in [-0.2, 0) is 11.2 Å². The van der Waals surface area contributed by atoms with E-state index in [1.165, 1.54) is 16.3 Å². The maximum atomic E-state index is 12.7. The molecule has 2 aromatic rings. The first-order valence-corrected chi connectivity index (χ1v) is 7.81. The molecule has 0 heterocycles. The summed E-state index contributed by atoms with van der Waals surface area (Å²) in [6.45, 7) is 0. The fraction of sp³-hybridized carbons (Fsp3) is 0.421. The summed E-state index contributed by atoms with van der Waals surface area (Å²) in [6.07, 6.45) is 4.71. The van der Waals surface area contributed by atoms with Crippen LogP contribution in [0.5, 0.6) is 0 Å². The fourth-order valence-corrected chi connectivity index (χ4v) is 3.65. The lowest BCUT2D eigenvalue weighted by Gasteiger charge is -2.41. The standard InChI is InChI=1S/C19H23NO/c1-20(2)19(13-6-5-12-18(19)21)14-16-10-7-9-15-8-3-4-11-17(15)16/h3-4,7-11H,5-6,12-14H2,1-2H3. The van der Waals surface area contributed by atoms with E-state index in [4.69, 9.17) is 0 Å². The monoisotopic (exact) mass is 281 g/mol. The molecule has 2 nitrogen and oxygen atoms in total. The molecular formula is C19H23NO. The van der Waals surface area contributed by atoms with E-state index in [1.807, 2.05) is 14.1 Å². The molecule has 110 valence electrons. The SMILES string of the molecule is CN(C)C1(Cc2cccc3ccccc23)CCCCC1=O. The molecular weight excluding hydrogens is 258 g/mol. The van der Waals surface area contributed by atoms with Gasteiger partial charge in [-0.25, -0.2) is 0 Å². The molecule has 21 heavy (non-hydrogen) atoms. The lowest BCUT2D eigenvalue weighted by Crippen LogP contribution is -2.54. The van der Waals surface area contributed by atoms with Crippen LogP contribution >= 0.6 is 0 Å². The minimum Gasteiger partial charge on any atom is -0.298 e. The van der Waals surface area contributed by atoms with E-state index < -0.39 is 0 Å². The van der Waals surface area contributed by atoms with E-state index in [-0.39, 0.29) is 5.54 Å². The highest BCUT2D eigenvalue weighted by molar-refractivity contribution is 5.91. The summed E-state index contributed by atoms with van der Waals surface area (Å²) >= 11 is 0. The maximum Gasteiger partial charge on any atom is 0.153 e. The van der Waals surface area contributed by atoms with Crippen molar-refractivity contribution in [1.29, 1.82) is 0 Å². The second-order valence-electron chi connectivity index (χ2n) is 6.37. The van der Waals surface area contributed by atoms with Gasteiger partial charge in [0.2, 0.25) is 0 Å². The van der Waals surface area contributed by atoms with Crippen LogP contribution in [0.25, 0.3) is 10.8 Å². The average Bonchev–Trinajstić information content (AvgIpc) is 2.50. The highest BCUT2D eigenvalue weighted by Crippen LogP contribution is 2.34. The average molecular weight is 281 g/mol. The van der Waals surface area contributed by atoms with Crippen molar-refractivity contribution in [2.24, 2.45) is 0 Å². The van der Waals surface area contributed by atoms with Gasteiger partial charge in [-0.1, -0.05) is 48.9 Å². The van der Waals surface area contributed by atoms with E-state index in [0.29, 0.717) is 5.78 Å². The molecule has 3 rings (SSSR count). The summed E-state index contributed by atoms with van der Waals surface area (Å²) in [4.78, 5) is 14.8. The van der Waals surface area contributed by atoms with Crippen LogP contribution in [0.2, 0.25) is 0 Å². The van der Waals surface area contributed by atoms with Gasteiger partial charge in [0.1, 0.15) is 0 Å². The number of nitrogens with zero attached hydrogens (tertiary/aromatic N) is 1. The first kappa shape index (κ1) is 14.3. The Morgan fingerprint density at radius 3 is 2.57 bits per heavy atom. The number of likely N-dealkylation sites (N-methyl/N-ethyl adjacent to an activating group) is 1. The van der Waals surface area contributed by atoms with Crippen molar-refractivity contribution in [3.05, 3.63) is 48.0 Å². The summed E-state index contributed by atoms with van der Waals surface area (Å²) in [5.41, 5.74) is 0.972. The molecule has 0 amide bonds. The molecule has 0 N–H and O–H groups in total. The summed E-state index contributed by atoms with van der Waals surface area (Å²) < 4.78 is 0. The van der Waals surface area contributed by atoms with Gasteiger partial charge < -0.3 is 0 Å². The minimum absolute atomic E-state index is 0.317. The number of fused-ring (bicyclic) bond motifs is 1. The lowest BCUT2D eigenvalue weighted by molar-refractivity contribution is -0.132. The van der Waals surface area contributed by atoms with Gasteiger partial charge in [0, 0.05) is 6.42 Å². The Bertz CT molecular complexity index is 656. The van der Waals surface area contributed by atoms with Crippen LogP contribution in [0.3, 0.4) is 0 Å². The van der Waals surface area contributed by atoms with Crippen molar-refractivity contribution in [1.82, 2.24) is 4.90 Å². The van der Waals surface area contributed by atoms with E-state index in [0.717, 1.165) is 32.1 Å². The zero-order valence-electron chi connectivity index (χ0n) is 12.9. The van der Waals surface area contributed by atoms with Crippen LogP contribution in [0, 0.1) is 0 Å². The summed E-state index contributed by atoms with van der Waals surface area (Å²) in [6, 6.07) is 14.9. The van der Waals surface area contributed by atoms with Crippen LogP contribution in [0.15, 0.2) is 42.5 Å². The Morgan fingerprint density at radius 2 is 1.81 bits per heavy atom. The number of carbonyl (C=O) groups is 1. The Kier molecular flexibility index (Phi) is 3.81. The van der Waals surface area contributed by atoms with Gasteiger partial charge in [-0.3, -0.25) is 9.69 Å². The normalized spacial score (nSPS) is 22.9. The predicted molar refractivity (Wildman–Crippen MR) is 87.5 cm³/mol. The molecule has 0 aromatic heterocycles. The topological polar surface area (TPSA) is 20.3 Å². The first-order chi connectivity index (χ1) is 10.1. The Labute approximate surface area is 126 Å². The Morgan fingerprint density at radius 1 is 1.05 bits per heavy atom. The zero-order chi connectivity index (χ0) is 14.9. The number of rotatable bonds is 3. The number of ketones is 1. The van der Waals surface area contributed by atoms with Crippen molar-refractivity contribution in [2.75, 3.05) is 14.1 Å². The molecule has 1 fully saturated rings. The number of hydrogen-bond acceptors (Lipinski definition) is 2. The summed E-state index contributed by atoms with van der Waals surface area (Å²) in [5, 5.41) is 2.53. The van der Waals surface area contributed by atoms with Gasteiger partial charge in [-0.05, 0) is 49.7 Å². The van der Waals surface area contributed by atoms with E-state index >= 15 is 0 Å². The number of carbonyl (C=O) groups excluding carboxylic acids is 1. The predicted octanol–water partition coefficient (Wildman–Crippen LogP) is 3.83. The largest absolute Gasteiger partial charge is 0.298 e. The molecule has 1 unspecified atom stereocenters. The molecule has 1 saturated carbocycles. The molecule has 1 atom stereocenters. The molecule has 1 aliphatic rings. The van der Waals surface area contributed by atoms with Crippen molar-refractivity contribution in [3.63, 3.8) is 0 Å². The van der Waals surface area contributed by atoms with Gasteiger partial charge >= 0.3 is 0 Å². The van der Waals surface area contributed by atoms with Gasteiger partial charge in [0.25, 0.3) is 0 Å². The quantitative estimate of drug-likeness (QED) is 0.852. The van der Waals surface area contributed by atoms with Crippen LogP contribution < -0.4 is 0 Å². The van der Waals surface area contributed by atoms with Crippen molar-refractivity contribution >= 4 is 16.6 Å². The lowest BCUT2D eigenvalue weighted by atomic mass is 9.75. The molecule has 0 saturated heterocycles. The molecule has 0 bridgehead atoms. The number of benzene rings is 2. The van der Waals surface area contributed by atoms with Crippen LogP contribution in [0.4, 0.5) is 0 Å². The summed E-state index contributed by atoms with van der Waals surface area (Å²) in [5.74, 6) is 0.409. The molecule has 0 aliphatic heterocycles. The zero-order valence-corrected chi connectivity index (χ0v) is 12.9. The number of Topliss-reactive ketones (excluding diaryl/α,β-unsaturated/α-hetero) is 1. The van der Waals surface area contributed by atoms with E-state index in [1.54, 1.807) is 0 Å². The second-order valence-corrected chi connectivity index (χ2v) is 6.37. The third kappa shape index (κ3) is 2.49. The minimum atomic E-state index is -0.317. The van der Waals surface area contributed by atoms with Crippen LogP contribution in [-0.4, -0.2) is 30.3 Å². The van der Waals surface area contributed by atoms with Crippen molar-refractivity contribution in [2.45, 2.75) is 37.6 Å². The van der Waals surface area contributed by atoms with E-state index in [2.05, 4.69) is 47.4 Å². The molecule has 1 aliphatic carbocycles. The smallest absolute Gasteiger partial charge is 0.153 e. The second kappa shape index (κ2) is 5.61. The molecule has 2 aromatic carbocycles. The van der Waals surface area contributed by atoms with Crippen molar-refractivity contribution in [3.8, 4) is 0 Å². The first-order valence-electron chi connectivity index (χ1n) is 7.81. The fourth-order valence-electron chi connectivity index (χ4n) is 3.65. The highest BCUT2D eigenvalue weighted by Gasteiger charge is 2.41. The third-order valence-electron chi connectivity index (χ3n) is 4.98. The maximum absolute atomic E-state index is 12.7. The molecule has 2 heteroatoms. The Hall–Kier alpha value is -1.67. The van der Waals surface area contributed by atoms with E-state index in [9.17, 15) is 4.79 Å². The van der Waals surface area contributed by atoms with Gasteiger partial charge in [-0.15, -0.1) is 0 Å². The molecule has 0 radical (unpaired) electrons. The third-order valence-corrected chi connectivity index (χ3v) is 4.98. The van der Waals surface area contributed by atoms with Gasteiger partial charge in [-0.2, -0.15) is 0 Å². The van der Waals surface area contributed by atoms with Crippen LogP contribution in [0.1, 0.15) is 31.2 Å². The Balaban J connectivity index is 2.04. The number of hydrogen-bond donors (Lipinski definition) is 0. The van der Waals surface area contributed by atoms with Gasteiger partial charge in [0.05, 0.1) is 5.54 Å². The van der Waals surface area contributed by atoms with Gasteiger partial charge in [0.15, 0.2) is 5.78 Å². The highest BCUT2D eigenvalue weighted by atomic mass is 16.1. The summed E-state index contributed by atoms with van der Waals surface area (Å²) in [7, 11) is 4.10. The molecule has 0 spiro atoms. The van der Waals surface area contributed by atoms with Crippen molar-refractivity contribution < 1.29 is 4.79 Å².